The Morgan fingerprint density at radius 1 is 0.853 bits per heavy atom. The molecule has 5 nitrogen and oxygen atoms in total. The summed E-state index contributed by atoms with van der Waals surface area (Å²) >= 11 is 0. The number of halogens is 2. The van der Waals surface area contributed by atoms with Crippen LogP contribution in [0.2, 0.25) is 0 Å². The highest BCUT2D eigenvalue weighted by Crippen LogP contribution is 2.17. The molecule has 0 aliphatic heterocycles. The molecule has 178 valence electrons. The van der Waals surface area contributed by atoms with Gasteiger partial charge in [0.2, 0.25) is 5.91 Å². The molecule has 0 fully saturated rings. The molecule has 0 saturated heterocycles. The number of carbonyl (C=O) groups excluding carboxylic acids is 2. The van der Waals surface area contributed by atoms with Gasteiger partial charge < -0.3 is 15.0 Å². The van der Waals surface area contributed by atoms with Crippen LogP contribution < -0.4 is 10.1 Å². The van der Waals surface area contributed by atoms with E-state index in [0.717, 1.165) is 5.56 Å². The van der Waals surface area contributed by atoms with Gasteiger partial charge in [0.15, 0.2) is 6.61 Å². The van der Waals surface area contributed by atoms with E-state index in [0.29, 0.717) is 17.7 Å². The summed E-state index contributed by atoms with van der Waals surface area (Å²) < 4.78 is 32.2. The highest BCUT2D eigenvalue weighted by Gasteiger charge is 2.31. The third kappa shape index (κ3) is 7.40. The molecule has 3 aromatic rings. The Hall–Kier alpha value is -3.74. The second-order valence-corrected chi connectivity index (χ2v) is 8.26. The molecular formula is C27H28F2N2O3. The fourth-order valence-corrected chi connectivity index (χ4v) is 3.48. The van der Waals surface area contributed by atoms with Crippen LogP contribution in [0.4, 0.5) is 8.78 Å². The lowest BCUT2D eigenvalue weighted by molar-refractivity contribution is -0.143. The van der Waals surface area contributed by atoms with Crippen LogP contribution in [-0.4, -0.2) is 35.4 Å². The summed E-state index contributed by atoms with van der Waals surface area (Å²) in [5.74, 6) is -1.18. The minimum atomic E-state index is -0.820. The predicted molar refractivity (Wildman–Crippen MR) is 126 cm³/mol. The van der Waals surface area contributed by atoms with Crippen molar-refractivity contribution in [3.8, 4) is 5.75 Å². The maximum absolute atomic E-state index is 13.4. The topological polar surface area (TPSA) is 58.6 Å². The normalized spacial score (nSPS) is 11.7. The molecule has 0 bridgehead atoms. The van der Waals surface area contributed by atoms with E-state index >= 15 is 0 Å². The molecule has 0 unspecified atom stereocenters. The molecular weight excluding hydrogens is 438 g/mol. The number of nitrogens with zero attached hydrogens (tertiary/aromatic N) is 1. The molecule has 3 aromatic carbocycles. The lowest BCUT2D eigenvalue weighted by Gasteiger charge is -2.32. The highest BCUT2D eigenvalue weighted by atomic mass is 19.1. The van der Waals surface area contributed by atoms with Crippen LogP contribution in [0.5, 0.6) is 5.75 Å². The van der Waals surface area contributed by atoms with Crippen LogP contribution in [0.15, 0.2) is 78.9 Å². The average Bonchev–Trinajstić information content (AvgIpc) is 2.82. The Kier molecular flexibility index (Phi) is 8.73. The standard InChI is InChI=1S/C27H28F2N2O3/c1-19(2)30-27(33)25(16-20-6-4-3-5-7-20)31(17-21-8-10-22(28)11-9-21)26(32)18-34-24-14-12-23(29)13-15-24/h3-15,19,25H,16-18H2,1-2H3,(H,30,33)/t25-/m1/s1. The van der Waals surface area contributed by atoms with Gasteiger partial charge in [-0.15, -0.1) is 0 Å². The molecule has 7 heteroatoms. The van der Waals surface area contributed by atoms with Gasteiger partial charge in [-0.05, 0) is 61.4 Å². The smallest absolute Gasteiger partial charge is 0.261 e. The first-order valence-corrected chi connectivity index (χ1v) is 11.1. The summed E-state index contributed by atoms with van der Waals surface area (Å²) in [4.78, 5) is 28.0. The second-order valence-electron chi connectivity index (χ2n) is 8.26. The van der Waals surface area contributed by atoms with E-state index in [-0.39, 0.29) is 30.9 Å². The number of amides is 2. The van der Waals surface area contributed by atoms with Crippen molar-refractivity contribution in [1.82, 2.24) is 10.2 Å². The zero-order chi connectivity index (χ0) is 24.5. The maximum atomic E-state index is 13.4. The lowest BCUT2D eigenvalue weighted by atomic mass is 10.0. The maximum Gasteiger partial charge on any atom is 0.261 e. The summed E-state index contributed by atoms with van der Waals surface area (Å²) in [6, 6.07) is 19.6. The van der Waals surface area contributed by atoms with Gasteiger partial charge in [-0.25, -0.2) is 8.78 Å². The molecule has 0 aliphatic rings. The fourth-order valence-electron chi connectivity index (χ4n) is 3.48. The van der Waals surface area contributed by atoms with E-state index in [1.165, 1.54) is 41.3 Å². The molecule has 34 heavy (non-hydrogen) atoms. The van der Waals surface area contributed by atoms with E-state index < -0.39 is 17.8 Å². The van der Waals surface area contributed by atoms with Gasteiger partial charge in [-0.1, -0.05) is 42.5 Å². The lowest BCUT2D eigenvalue weighted by Crippen LogP contribution is -2.52. The van der Waals surface area contributed by atoms with Crippen molar-refractivity contribution in [2.24, 2.45) is 0 Å². The molecule has 0 heterocycles. The van der Waals surface area contributed by atoms with Crippen LogP contribution in [0, 0.1) is 11.6 Å². The van der Waals surface area contributed by atoms with E-state index in [1.54, 1.807) is 12.1 Å². The SMILES string of the molecule is CC(C)NC(=O)[C@@H](Cc1ccccc1)N(Cc1ccc(F)cc1)C(=O)COc1ccc(F)cc1. The highest BCUT2D eigenvalue weighted by molar-refractivity contribution is 5.88. The van der Waals surface area contributed by atoms with Crippen molar-refractivity contribution in [3.63, 3.8) is 0 Å². The third-order valence-corrected chi connectivity index (χ3v) is 5.14. The summed E-state index contributed by atoms with van der Waals surface area (Å²) in [6.07, 6.45) is 0.295. The molecule has 2 amide bonds. The van der Waals surface area contributed by atoms with Gasteiger partial charge in [-0.3, -0.25) is 9.59 Å². The molecule has 1 N–H and O–H groups in total. The Morgan fingerprint density at radius 3 is 2.03 bits per heavy atom. The number of carbonyl (C=O) groups is 2. The monoisotopic (exact) mass is 466 g/mol. The molecule has 1 atom stereocenters. The number of ether oxygens (including phenoxy) is 1. The van der Waals surface area contributed by atoms with Gasteiger partial charge in [0.1, 0.15) is 23.4 Å². The molecule has 0 aromatic heterocycles. The van der Waals surface area contributed by atoms with Gasteiger partial charge >= 0.3 is 0 Å². The van der Waals surface area contributed by atoms with E-state index in [1.807, 2.05) is 44.2 Å². The van der Waals surface area contributed by atoms with E-state index in [9.17, 15) is 18.4 Å². The Morgan fingerprint density at radius 2 is 1.44 bits per heavy atom. The third-order valence-electron chi connectivity index (χ3n) is 5.14. The van der Waals surface area contributed by atoms with Crippen molar-refractivity contribution in [3.05, 3.63) is 102 Å². The molecule has 0 saturated carbocycles. The van der Waals surface area contributed by atoms with Gasteiger partial charge in [0.05, 0.1) is 0 Å². The largest absolute Gasteiger partial charge is 0.484 e. The second kappa shape index (κ2) is 11.9. The van der Waals surface area contributed by atoms with Crippen molar-refractivity contribution >= 4 is 11.8 Å². The summed E-state index contributed by atoms with van der Waals surface area (Å²) in [6.45, 7) is 3.45. The molecule has 3 rings (SSSR count). The van der Waals surface area contributed by atoms with Gasteiger partial charge in [0, 0.05) is 19.0 Å². The summed E-state index contributed by atoms with van der Waals surface area (Å²) in [5, 5.41) is 2.90. The van der Waals surface area contributed by atoms with E-state index in [2.05, 4.69) is 5.32 Å². The summed E-state index contributed by atoms with van der Waals surface area (Å²) in [7, 11) is 0. The minimum absolute atomic E-state index is 0.0922. The number of hydrogen-bond donors (Lipinski definition) is 1. The van der Waals surface area contributed by atoms with Gasteiger partial charge in [0.25, 0.3) is 5.91 Å². The molecule has 0 radical (unpaired) electrons. The first kappa shape index (κ1) is 24.9. The van der Waals surface area contributed by atoms with Crippen molar-refractivity contribution in [1.29, 1.82) is 0 Å². The van der Waals surface area contributed by atoms with E-state index in [4.69, 9.17) is 4.74 Å². The summed E-state index contributed by atoms with van der Waals surface area (Å²) in [5.41, 5.74) is 1.56. The minimum Gasteiger partial charge on any atom is -0.484 e. The zero-order valence-electron chi connectivity index (χ0n) is 19.2. The molecule has 0 spiro atoms. The van der Waals surface area contributed by atoms with Crippen LogP contribution in [0.1, 0.15) is 25.0 Å². The van der Waals surface area contributed by atoms with Gasteiger partial charge in [-0.2, -0.15) is 0 Å². The van der Waals surface area contributed by atoms with Crippen LogP contribution in [-0.2, 0) is 22.6 Å². The van der Waals surface area contributed by atoms with Crippen LogP contribution >= 0.6 is 0 Å². The Balaban J connectivity index is 1.89. The fraction of sp³-hybridized carbons (Fsp3) is 0.259. The van der Waals surface area contributed by atoms with Crippen LogP contribution in [0.25, 0.3) is 0 Å². The van der Waals surface area contributed by atoms with Crippen molar-refractivity contribution in [2.45, 2.75) is 38.9 Å². The Labute approximate surface area is 198 Å². The number of hydrogen-bond acceptors (Lipinski definition) is 3. The number of benzene rings is 3. The number of nitrogens with one attached hydrogen (secondary N) is 1. The van der Waals surface area contributed by atoms with Crippen molar-refractivity contribution < 1.29 is 23.1 Å². The predicted octanol–water partition coefficient (Wildman–Crippen LogP) is 4.51. The number of rotatable bonds is 10. The first-order chi connectivity index (χ1) is 16.3. The molecule has 0 aliphatic carbocycles. The van der Waals surface area contributed by atoms with Crippen molar-refractivity contribution in [2.75, 3.05) is 6.61 Å². The first-order valence-electron chi connectivity index (χ1n) is 11.1. The van der Waals surface area contributed by atoms with Crippen LogP contribution in [0.3, 0.4) is 0 Å². The Bertz CT molecular complexity index is 1070. The average molecular weight is 467 g/mol. The zero-order valence-corrected chi connectivity index (χ0v) is 19.2. The quantitative estimate of drug-likeness (QED) is 0.478.